The summed E-state index contributed by atoms with van der Waals surface area (Å²) in [5, 5.41) is 5.91. The first-order valence-electron chi connectivity index (χ1n) is 10.4. The lowest BCUT2D eigenvalue weighted by Gasteiger charge is -2.28. The molecular weight excluding hydrogens is 399 g/mol. The van der Waals surface area contributed by atoms with Crippen LogP contribution in [0.2, 0.25) is 0 Å². The van der Waals surface area contributed by atoms with Crippen LogP contribution >= 0.6 is 11.3 Å². The zero-order chi connectivity index (χ0) is 20.0. The highest BCUT2D eigenvalue weighted by atomic mass is 32.1. The number of nitrogens with one attached hydrogen (secondary N) is 1. The molecule has 0 spiro atoms. The fourth-order valence-electron chi connectivity index (χ4n) is 4.99. The Kier molecular flexibility index (Phi) is 4.98. The molecule has 156 valence electrons. The minimum absolute atomic E-state index is 0.0298. The Morgan fingerprint density at radius 1 is 1.21 bits per heavy atom. The van der Waals surface area contributed by atoms with Crippen molar-refractivity contribution in [1.82, 2.24) is 19.9 Å². The van der Waals surface area contributed by atoms with Gasteiger partial charge in [-0.1, -0.05) is 0 Å². The number of rotatable bonds is 4. The lowest BCUT2D eigenvalue weighted by molar-refractivity contribution is -0.149. The van der Waals surface area contributed by atoms with E-state index in [4.69, 9.17) is 0 Å². The highest BCUT2D eigenvalue weighted by Gasteiger charge is 2.49. The second-order valence-electron chi connectivity index (χ2n) is 8.19. The molecule has 0 aromatic carbocycles. The second-order valence-corrected chi connectivity index (χ2v) is 9.08. The average Bonchev–Trinajstić information content (AvgIpc) is 3.43. The second kappa shape index (κ2) is 7.50. The van der Waals surface area contributed by atoms with E-state index in [1.165, 1.54) is 11.3 Å². The molecule has 1 aliphatic carbocycles. The molecular formula is C20H24F3N5S. The van der Waals surface area contributed by atoms with Crippen molar-refractivity contribution >= 4 is 17.0 Å². The minimum atomic E-state index is -4.43. The molecule has 5 rings (SSSR count). The van der Waals surface area contributed by atoms with Gasteiger partial charge in [0.2, 0.25) is 0 Å². The number of nitrogens with zero attached hydrogens (tertiary/aromatic N) is 4. The highest BCUT2D eigenvalue weighted by Crippen LogP contribution is 2.48. The third-order valence-corrected chi connectivity index (χ3v) is 7.17. The molecule has 0 bridgehead atoms. The number of thiazole rings is 1. The number of alkyl halides is 3. The van der Waals surface area contributed by atoms with E-state index in [0.717, 1.165) is 50.9 Å². The van der Waals surface area contributed by atoms with Crippen molar-refractivity contribution in [1.29, 1.82) is 0 Å². The van der Waals surface area contributed by atoms with E-state index >= 15 is 0 Å². The van der Waals surface area contributed by atoms with Gasteiger partial charge in [-0.2, -0.15) is 13.2 Å². The molecule has 1 saturated carbocycles. The smallest absolute Gasteiger partial charge is 0.325 e. The normalized spacial score (nSPS) is 25.0. The molecule has 2 fully saturated rings. The first-order chi connectivity index (χ1) is 14.0. The van der Waals surface area contributed by atoms with Crippen molar-refractivity contribution in [2.75, 3.05) is 13.1 Å². The summed E-state index contributed by atoms with van der Waals surface area (Å²) >= 11 is 1.43. The number of halogens is 3. The fraction of sp³-hybridized carbons (Fsp3) is 0.650. The van der Waals surface area contributed by atoms with Crippen molar-refractivity contribution in [3.63, 3.8) is 0 Å². The molecule has 0 amide bonds. The van der Waals surface area contributed by atoms with Gasteiger partial charge in [-0.25, -0.2) is 9.97 Å². The quantitative estimate of drug-likeness (QED) is 0.774. The van der Waals surface area contributed by atoms with Crippen LogP contribution in [0.15, 0.2) is 16.6 Å². The molecule has 1 saturated heterocycles. The van der Waals surface area contributed by atoms with Crippen LogP contribution in [0, 0.1) is 5.92 Å². The molecule has 2 aromatic rings. The van der Waals surface area contributed by atoms with Gasteiger partial charge in [-0.15, -0.1) is 11.3 Å². The molecule has 2 aromatic heterocycles. The Balaban J connectivity index is 1.58. The summed E-state index contributed by atoms with van der Waals surface area (Å²) in [4.78, 5) is 13.0. The Labute approximate surface area is 171 Å². The van der Waals surface area contributed by atoms with Gasteiger partial charge < -0.3 is 9.88 Å². The fourth-order valence-corrected chi connectivity index (χ4v) is 5.62. The van der Waals surface area contributed by atoms with E-state index in [1.807, 2.05) is 5.38 Å². The number of fused-ring (bicyclic) bond motifs is 3. The van der Waals surface area contributed by atoms with Gasteiger partial charge >= 0.3 is 6.18 Å². The lowest BCUT2D eigenvalue weighted by Crippen LogP contribution is -2.29. The zero-order valence-corrected chi connectivity index (χ0v) is 16.9. The molecule has 9 heteroatoms. The summed E-state index contributed by atoms with van der Waals surface area (Å²) in [5.74, 6) is 1.14. The Bertz CT molecular complexity index is 896. The summed E-state index contributed by atoms with van der Waals surface area (Å²) in [6.45, 7) is 2.72. The number of aliphatic imine (C=N–C) groups is 1. The van der Waals surface area contributed by atoms with Gasteiger partial charge in [0.15, 0.2) is 16.9 Å². The summed E-state index contributed by atoms with van der Waals surface area (Å²) in [5.41, 5.74) is 1.55. The number of imidazole rings is 1. The molecule has 5 nitrogen and oxygen atoms in total. The molecule has 2 unspecified atom stereocenters. The Morgan fingerprint density at radius 3 is 2.76 bits per heavy atom. The third kappa shape index (κ3) is 3.52. The molecule has 0 radical (unpaired) electrons. The molecule has 4 heterocycles. The molecule has 1 N–H and O–H groups in total. The van der Waals surface area contributed by atoms with E-state index in [9.17, 15) is 13.2 Å². The van der Waals surface area contributed by atoms with Crippen LogP contribution < -0.4 is 5.32 Å². The van der Waals surface area contributed by atoms with Gasteiger partial charge in [0.1, 0.15) is 0 Å². The van der Waals surface area contributed by atoms with Gasteiger partial charge in [-0.05, 0) is 57.5 Å². The van der Waals surface area contributed by atoms with E-state index < -0.39 is 12.2 Å². The standard InChI is InChI=1S/C20H24F3N5S/c21-20(22,23)17-15-16(13-2-1-3-14(13)26-17)28(10-6-12-4-7-24-8-5-12)18(27-15)19-25-9-11-29-19/h9,11-13,17,24H,1-8,10H2. The number of hydrogen-bond donors (Lipinski definition) is 1. The third-order valence-electron chi connectivity index (χ3n) is 6.40. The van der Waals surface area contributed by atoms with Crippen LogP contribution in [0.4, 0.5) is 13.2 Å². The highest BCUT2D eigenvalue weighted by molar-refractivity contribution is 7.13. The lowest BCUT2D eigenvalue weighted by atomic mass is 9.92. The predicted molar refractivity (Wildman–Crippen MR) is 106 cm³/mol. The Hall–Kier alpha value is -1.74. The van der Waals surface area contributed by atoms with Crippen LogP contribution in [0.25, 0.3) is 10.8 Å². The van der Waals surface area contributed by atoms with E-state index in [1.54, 1.807) is 6.20 Å². The van der Waals surface area contributed by atoms with Crippen LogP contribution in [-0.2, 0) is 6.54 Å². The summed E-state index contributed by atoms with van der Waals surface area (Å²) in [6, 6.07) is -1.85. The van der Waals surface area contributed by atoms with Gasteiger partial charge in [0, 0.05) is 29.8 Å². The SMILES string of the molecule is FC(F)(F)C1N=C2CCCC2c2c1nc(-c1nccs1)n2CCC1CCNCC1. The number of aromatic nitrogens is 3. The topological polar surface area (TPSA) is 55.1 Å². The van der Waals surface area contributed by atoms with Gasteiger partial charge in [-0.3, -0.25) is 4.99 Å². The van der Waals surface area contributed by atoms with Crippen LogP contribution in [0.3, 0.4) is 0 Å². The van der Waals surface area contributed by atoms with Crippen molar-refractivity contribution in [3.8, 4) is 10.8 Å². The molecule has 2 atom stereocenters. The maximum absolute atomic E-state index is 13.9. The average molecular weight is 424 g/mol. The summed E-state index contributed by atoms with van der Waals surface area (Å²) in [7, 11) is 0. The van der Waals surface area contributed by atoms with Gasteiger partial charge in [0.25, 0.3) is 0 Å². The first-order valence-corrected chi connectivity index (χ1v) is 11.2. The van der Waals surface area contributed by atoms with Crippen molar-refractivity contribution in [2.45, 2.75) is 63.2 Å². The van der Waals surface area contributed by atoms with E-state index in [2.05, 4.69) is 24.8 Å². The molecule has 2 aliphatic heterocycles. The minimum Gasteiger partial charge on any atom is -0.325 e. The van der Waals surface area contributed by atoms with Gasteiger partial charge in [0.05, 0.1) is 11.4 Å². The van der Waals surface area contributed by atoms with Crippen LogP contribution in [0.1, 0.15) is 61.9 Å². The van der Waals surface area contributed by atoms with E-state index in [-0.39, 0.29) is 11.6 Å². The number of piperidine rings is 1. The summed E-state index contributed by atoms with van der Waals surface area (Å²) in [6.07, 6.45) is 2.84. The Morgan fingerprint density at radius 2 is 2.03 bits per heavy atom. The van der Waals surface area contributed by atoms with Crippen LogP contribution in [-0.4, -0.2) is 39.5 Å². The maximum Gasteiger partial charge on any atom is 0.416 e. The largest absolute Gasteiger partial charge is 0.416 e. The predicted octanol–water partition coefficient (Wildman–Crippen LogP) is 4.72. The first kappa shape index (κ1) is 19.2. The van der Waals surface area contributed by atoms with Crippen molar-refractivity contribution < 1.29 is 13.2 Å². The van der Waals surface area contributed by atoms with Crippen LogP contribution in [0.5, 0.6) is 0 Å². The maximum atomic E-state index is 13.9. The molecule has 29 heavy (non-hydrogen) atoms. The monoisotopic (exact) mass is 423 g/mol. The molecule has 3 aliphatic rings. The zero-order valence-electron chi connectivity index (χ0n) is 16.1. The number of hydrogen-bond acceptors (Lipinski definition) is 5. The van der Waals surface area contributed by atoms with Crippen molar-refractivity contribution in [2.24, 2.45) is 10.9 Å². The van der Waals surface area contributed by atoms with E-state index in [0.29, 0.717) is 35.4 Å². The van der Waals surface area contributed by atoms with Crippen molar-refractivity contribution in [3.05, 3.63) is 23.0 Å². The summed E-state index contributed by atoms with van der Waals surface area (Å²) < 4.78 is 43.6.